The topological polar surface area (TPSA) is 41.1 Å². The van der Waals surface area contributed by atoms with Crippen molar-refractivity contribution >= 4 is 43.5 Å². The molecule has 3 nitrogen and oxygen atoms in total. The number of rotatable bonds is 3. The van der Waals surface area contributed by atoms with Gasteiger partial charge < -0.3 is 10.6 Å². The third-order valence-corrected chi connectivity index (χ3v) is 5.15. The number of carbonyl (C=O) groups excluding carboxylic acids is 1. The Labute approximate surface area is 130 Å². The summed E-state index contributed by atoms with van der Waals surface area (Å²) in [4.78, 5) is 12.6. The molecule has 0 bridgehead atoms. The third kappa shape index (κ3) is 3.20. The smallest absolute Gasteiger partial charge is 0.231 e. The van der Waals surface area contributed by atoms with Gasteiger partial charge in [0.25, 0.3) is 0 Å². The van der Waals surface area contributed by atoms with Gasteiger partial charge in [0.1, 0.15) is 0 Å². The second kappa shape index (κ2) is 6.37. The second-order valence-electron chi connectivity index (χ2n) is 4.96. The van der Waals surface area contributed by atoms with E-state index in [2.05, 4.69) is 49.4 Å². The SMILES string of the molecule is CCC1(C(=O)Nc2c(Br)cccc2Br)CCCNC1. The Morgan fingerprint density at radius 3 is 2.63 bits per heavy atom. The minimum absolute atomic E-state index is 0.106. The molecule has 1 saturated heterocycles. The molecular weight excluding hydrogens is 372 g/mol. The number of hydrogen-bond acceptors (Lipinski definition) is 2. The van der Waals surface area contributed by atoms with Gasteiger partial charge in [-0.25, -0.2) is 0 Å². The quantitative estimate of drug-likeness (QED) is 0.822. The van der Waals surface area contributed by atoms with E-state index in [0.29, 0.717) is 0 Å². The molecule has 1 heterocycles. The number of piperidine rings is 1. The van der Waals surface area contributed by atoms with Gasteiger partial charge in [-0.2, -0.15) is 0 Å². The lowest BCUT2D eigenvalue weighted by molar-refractivity contribution is -0.126. The van der Waals surface area contributed by atoms with Crippen molar-refractivity contribution in [2.45, 2.75) is 26.2 Å². The van der Waals surface area contributed by atoms with E-state index >= 15 is 0 Å². The van der Waals surface area contributed by atoms with Crippen LogP contribution in [0.3, 0.4) is 0 Å². The highest BCUT2D eigenvalue weighted by molar-refractivity contribution is 9.11. The van der Waals surface area contributed by atoms with Gasteiger partial charge in [-0.1, -0.05) is 13.0 Å². The van der Waals surface area contributed by atoms with Gasteiger partial charge >= 0.3 is 0 Å². The Kier molecular flexibility index (Phi) is 5.03. The molecule has 1 aliphatic rings. The van der Waals surface area contributed by atoms with E-state index in [9.17, 15) is 4.79 Å². The summed E-state index contributed by atoms with van der Waals surface area (Å²) in [5.74, 6) is 0.106. The zero-order valence-corrected chi connectivity index (χ0v) is 14.1. The molecule has 0 spiro atoms. The number of hydrogen-bond donors (Lipinski definition) is 2. The van der Waals surface area contributed by atoms with Gasteiger partial charge in [-0.3, -0.25) is 4.79 Å². The van der Waals surface area contributed by atoms with Gasteiger partial charge in [-0.05, 0) is 69.8 Å². The molecule has 19 heavy (non-hydrogen) atoms. The van der Waals surface area contributed by atoms with E-state index in [1.165, 1.54) is 0 Å². The Bertz CT molecular complexity index is 450. The van der Waals surface area contributed by atoms with Crippen LogP contribution >= 0.6 is 31.9 Å². The van der Waals surface area contributed by atoms with Crippen LogP contribution in [-0.4, -0.2) is 19.0 Å². The number of amides is 1. The van der Waals surface area contributed by atoms with E-state index in [0.717, 1.165) is 47.0 Å². The minimum atomic E-state index is -0.285. The summed E-state index contributed by atoms with van der Waals surface area (Å²) < 4.78 is 1.79. The van der Waals surface area contributed by atoms with Crippen LogP contribution in [0.5, 0.6) is 0 Å². The van der Waals surface area contributed by atoms with Crippen LogP contribution in [0.4, 0.5) is 5.69 Å². The summed E-state index contributed by atoms with van der Waals surface area (Å²) in [6.45, 7) is 3.85. The summed E-state index contributed by atoms with van der Waals surface area (Å²) in [5.41, 5.74) is 0.526. The van der Waals surface area contributed by atoms with Gasteiger partial charge in [0.15, 0.2) is 0 Å². The van der Waals surface area contributed by atoms with E-state index in [1.807, 2.05) is 18.2 Å². The van der Waals surface area contributed by atoms with Crippen LogP contribution in [-0.2, 0) is 4.79 Å². The van der Waals surface area contributed by atoms with Crippen molar-refractivity contribution in [1.29, 1.82) is 0 Å². The standard InChI is InChI=1S/C14H18Br2N2O/c1-2-14(7-4-8-17-9-14)13(19)18-12-10(15)5-3-6-11(12)16/h3,5-6,17H,2,4,7-9H2,1H3,(H,18,19). The van der Waals surface area contributed by atoms with Crippen LogP contribution in [0, 0.1) is 5.41 Å². The number of para-hydroxylation sites is 1. The summed E-state index contributed by atoms with van der Waals surface area (Å²) >= 11 is 6.96. The Hall–Kier alpha value is -0.390. The molecule has 5 heteroatoms. The molecule has 104 valence electrons. The zero-order chi connectivity index (χ0) is 13.9. The predicted octanol–water partition coefficient (Wildman–Crippen LogP) is 3.93. The molecule has 1 amide bonds. The van der Waals surface area contributed by atoms with Crippen molar-refractivity contribution in [3.63, 3.8) is 0 Å². The number of benzene rings is 1. The molecule has 0 aliphatic carbocycles. The molecule has 1 fully saturated rings. The summed E-state index contributed by atoms with van der Waals surface area (Å²) in [6.07, 6.45) is 2.86. The van der Waals surface area contributed by atoms with Crippen LogP contribution < -0.4 is 10.6 Å². The van der Waals surface area contributed by atoms with Crippen molar-refractivity contribution in [1.82, 2.24) is 5.32 Å². The zero-order valence-electron chi connectivity index (χ0n) is 10.9. The number of nitrogens with one attached hydrogen (secondary N) is 2. The average molecular weight is 390 g/mol. The van der Waals surface area contributed by atoms with Crippen molar-refractivity contribution in [3.05, 3.63) is 27.1 Å². The van der Waals surface area contributed by atoms with E-state index < -0.39 is 0 Å². The monoisotopic (exact) mass is 388 g/mol. The number of halogens is 2. The molecule has 2 N–H and O–H groups in total. The number of carbonyl (C=O) groups is 1. The largest absolute Gasteiger partial charge is 0.324 e. The minimum Gasteiger partial charge on any atom is -0.324 e. The van der Waals surface area contributed by atoms with E-state index in [1.54, 1.807) is 0 Å². The summed E-state index contributed by atoms with van der Waals surface area (Å²) in [7, 11) is 0. The maximum Gasteiger partial charge on any atom is 0.231 e. The fourth-order valence-corrected chi connectivity index (χ4v) is 3.68. The summed E-state index contributed by atoms with van der Waals surface area (Å²) in [6, 6.07) is 5.79. The lowest BCUT2D eigenvalue weighted by Crippen LogP contribution is -2.47. The highest BCUT2D eigenvalue weighted by Crippen LogP contribution is 2.35. The average Bonchev–Trinajstić information content (AvgIpc) is 2.43. The van der Waals surface area contributed by atoms with E-state index in [-0.39, 0.29) is 11.3 Å². The Morgan fingerprint density at radius 1 is 1.42 bits per heavy atom. The van der Waals surface area contributed by atoms with Crippen molar-refractivity contribution in [2.24, 2.45) is 5.41 Å². The maximum atomic E-state index is 12.6. The lowest BCUT2D eigenvalue weighted by atomic mass is 9.77. The first-order chi connectivity index (χ1) is 9.09. The summed E-state index contributed by atoms with van der Waals surface area (Å²) in [5, 5.41) is 6.41. The molecule has 0 aromatic heterocycles. The first-order valence-corrected chi connectivity index (χ1v) is 8.14. The van der Waals surface area contributed by atoms with Gasteiger partial charge in [0.05, 0.1) is 11.1 Å². The first kappa shape index (κ1) is 15.0. The third-order valence-electron chi connectivity index (χ3n) is 3.83. The van der Waals surface area contributed by atoms with Crippen LogP contribution in [0.2, 0.25) is 0 Å². The lowest BCUT2D eigenvalue weighted by Gasteiger charge is -2.35. The first-order valence-electron chi connectivity index (χ1n) is 6.55. The van der Waals surface area contributed by atoms with Crippen LogP contribution in [0.25, 0.3) is 0 Å². The van der Waals surface area contributed by atoms with Crippen molar-refractivity contribution in [2.75, 3.05) is 18.4 Å². The molecule has 1 aromatic rings. The van der Waals surface area contributed by atoms with Crippen molar-refractivity contribution in [3.8, 4) is 0 Å². The van der Waals surface area contributed by atoms with Gasteiger partial charge in [-0.15, -0.1) is 0 Å². The fraction of sp³-hybridized carbons (Fsp3) is 0.500. The fourth-order valence-electron chi connectivity index (χ4n) is 2.49. The molecule has 0 radical (unpaired) electrons. The van der Waals surface area contributed by atoms with Crippen LogP contribution in [0.15, 0.2) is 27.1 Å². The van der Waals surface area contributed by atoms with E-state index in [4.69, 9.17) is 0 Å². The molecule has 2 rings (SSSR count). The second-order valence-corrected chi connectivity index (χ2v) is 6.67. The maximum absolute atomic E-state index is 12.6. The predicted molar refractivity (Wildman–Crippen MR) is 85.3 cm³/mol. The number of anilines is 1. The molecule has 1 aromatic carbocycles. The highest BCUT2D eigenvalue weighted by Gasteiger charge is 2.38. The normalized spacial score (nSPS) is 23.1. The molecule has 1 aliphatic heterocycles. The molecular formula is C14H18Br2N2O. The molecule has 1 unspecified atom stereocenters. The van der Waals surface area contributed by atoms with Gasteiger partial charge in [0.2, 0.25) is 5.91 Å². The van der Waals surface area contributed by atoms with Crippen molar-refractivity contribution < 1.29 is 4.79 Å². The highest BCUT2D eigenvalue weighted by atomic mass is 79.9. The molecule has 1 atom stereocenters. The Morgan fingerprint density at radius 2 is 2.11 bits per heavy atom. The van der Waals surface area contributed by atoms with Crippen LogP contribution in [0.1, 0.15) is 26.2 Å². The molecule has 0 saturated carbocycles. The van der Waals surface area contributed by atoms with Gasteiger partial charge in [0, 0.05) is 15.5 Å². The Balaban J connectivity index is 2.20.